The Bertz CT molecular complexity index is 509. The first kappa shape index (κ1) is 16.5. The van der Waals surface area contributed by atoms with Crippen LogP contribution in [0.3, 0.4) is 0 Å². The number of hydrogen-bond acceptors (Lipinski definition) is 3. The van der Waals surface area contributed by atoms with Crippen LogP contribution in [0.2, 0.25) is 0 Å². The number of amides is 1. The first-order valence-electron chi connectivity index (χ1n) is 7.73. The minimum Gasteiger partial charge on any atom is -0.481 e. The van der Waals surface area contributed by atoms with Crippen molar-refractivity contribution < 1.29 is 19.4 Å². The normalized spacial score (nSPS) is 18.4. The van der Waals surface area contributed by atoms with Gasteiger partial charge in [-0.05, 0) is 24.8 Å². The smallest absolute Gasteiger partial charge is 0.311 e. The summed E-state index contributed by atoms with van der Waals surface area (Å²) >= 11 is 0. The number of carbonyl (C=O) groups is 2. The van der Waals surface area contributed by atoms with Crippen LogP contribution < -0.4 is 5.32 Å². The Hall–Kier alpha value is -1.88. The molecule has 1 heterocycles. The van der Waals surface area contributed by atoms with Gasteiger partial charge in [-0.3, -0.25) is 9.59 Å². The summed E-state index contributed by atoms with van der Waals surface area (Å²) in [6.45, 7) is 2.97. The highest BCUT2D eigenvalue weighted by atomic mass is 16.5. The first-order valence-corrected chi connectivity index (χ1v) is 7.73. The summed E-state index contributed by atoms with van der Waals surface area (Å²) in [6.07, 6.45) is 1.55. The number of carbonyl (C=O) groups excluding carboxylic acids is 1. The standard InChI is InChI=1S/C17H23NO4/c1-2-14(13-6-4-3-5-7-13)15(19)18-12-17(16(20)21)8-10-22-11-9-17/h3-7,14H,2,8-12H2,1H3,(H,18,19)(H,20,21). The Morgan fingerprint density at radius 2 is 1.91 bits per heavy atom. The van der Waals surface area contributed by atoms with Gasteiger partial charge in [0.15, 0.2) is 0 Å². The Morgan fingerprint density at radius 1 is 1.27 bits per heavy atom. The fourth-order valence-electron chi connectivity index (χ4n) is 2.87. The Kier molecular flexibility index (Phi) is 5.55. The van der Waals surface area contributed by atoms with E-state index in [1.165, 1.54) is 0 Å². The molecule has 1 amide bonds. The van der Waals surface area contributed by atoms with Crippen LogP contribution in [0, 0.1) is 5.41 Å². The molecule has 22 heavy (non-hydrogen) atoms. The Labute approximate surface area is 130 Å². The van der Waals surface area contributed by atoms with E-state index >= 15 is 0 Å². The van der Waals surface area contributed by atoms with Crippen molar-refractivity contribution in [3.8, 4) is 0 Å². The van der Waals surface area contributed by atoms with E-state index in [2.05, 4.69) is 5.32 Å². The average molecular weight is 305 g/mol. The van der Waals surface area contributed by atoms with Gasteiger partial charge in [-0.15, -0.1) is 0 Å². The fourth-order valence-corrected chi connectivity index (χ4v) is 2.87. The van der Waals surface area contributed by atoms with Gasteiger partial charge in [0.2, 0.25) is 5.91 Å². The summed E-state index contributed by atoms with van der Waals surface area (Å²) < 4.78 is 5.24. The molecule has 1 aliphatic rings. The molecule has 0 bridgehead atoms. The molecule has 5 nitrogen and oxygen atoms in total. The second-order valence-corrected chi connectivity index (χ2v) is 5.79. The monoisotopic (exact) mass is 305 g/mol. The van der Waals surface area contributed by atoms with Gasteiger partial charge in [0, 0.05) is 19.8 Å². The number of ether oxygens (including phenoxy) is 1. The van der Waals surface area contributed by atoms with E-state index in [4.69, 9.17) is 4.74 Å². The van der Waals surface area contributed by atoms with E-state index in [0.29, 0.717) is 32.5 Å². The lowest BCUT2D eigenvalue weighted by Gasteiger charge is -2.33. The third-order valence-corrected chi connectivity index (χ3v) is 4.43. The maximum absolute atomic E-state index is 12.4. The van der Waals surface area contributed by atoms with Gasteiger partial charge in [0.1, 0.15) is 0 Å². The molecular formula is C17H23NO4. The van der Waals surface area contributed by atoms with Crippen molar-refractivity contribution in [3.63, 3.8) is 0 Å². The molecule has 1 fully saturated rings. The third kappa shape index (κ3) is 3.65. The predicted molar refractivity (Wildman–Crippen MR) is 82.6 cm³/mol. The highest BCUT2D eigenvalue weighted by Crippen LogP contribution is 2.30. The van der Waals surface area contributed by atoms with Gasteiger partial charge in [0.05, 0.1) is 11.3 Å². The van der Waals surface area contributed by atoms with Crippen LogP contribution in [-0.2, 0) is 14.3 Å². The largest absolute Gasteiger partial charge is 0.481 e. The molecule has 0 spiro atoms. The van der Waals surface area contributed by atoms with E-state index < -0.39 is 11.4 Å². The molecule has 1 aromatic rings. The van der Waals surface area contributed by atoms with Crippen molar-refractivity contribution in [1.82, 2.24) is 5.32 Å². The van der Waals surface area contributed by atoms with Crippen LogP contribution in [0.25, 0.3) is 0 Å². The summed E-state index contributed by atoms with van der Waals surface area (Å²) in [6, 6.07) is 9.57. The molecule has 0 aliphatic carbocycles. The van der Waals surface area contributed by atoms with E-state index in [1.54, 1.807) is 0 Å². The van der Waals surface area contributed by atoms with Crippen molar-refractivity contribution in [2.24, 2.45) is 5.41 Å². The molecule has 1 aliphatic heterocycles. The van der Waals surface area contributed by atoms with Gasteiger partial charge in [-0.25, -0.2) is 0 Å². The summed E-state index contributed by atoms with van der Waals surface area (Å²) in [4.78, 5) is 24.0. The molecule has 120 valence electrons. The second kappa shape index (κ2) is 7.40. The predicted octanol–water partition coefficient (Wildman–Crippen LogP) is 2.18. The minimum absolute atomic E-state index is 0.110. The number of carboxylic acid groups (broad SMARTS) is 1. The number of hydrogen-bond donors (Lipinski definition) is 2. The van der Waals surface area contributed by atoms with E-state index in [0.717, 1.165) is 5.56 Å². The third-order valence-electron chi connectivity index (χ3n) is 4.43. The quantitative estimate of drug-likeness (QED) is 0.844. The van der Waals surface area contributed by atoms with Crippen molar-refractivity contribution >= 4 is 11.9 Å². The molecule has 1 saturated heterocycles. The van der Waals surface area contributed by atoms with Gasteiger partial charge in [0.25, 0.3) is 0 Å². The molecule has 0 aromatic heterocycles. The molecule has 1 unspecified atom stereocenters. The van der Waals surface area contributed by atoms with Crippen molar-refractivity contribution in [3.05, 3.63) is 35.9 Å². The first-order chi connectivity index (χ1) is 10.6. The van der Waals surface area contributed by atoms with Crippen molar-refractivity contribution in [2.45, 2.75) is 32.1 Å². The topological polar surface area (TPSA) is 75.6 Å². The van der Waals surface area contributed by atoms with E-state index in [9.17, 15) is 14.7 Å². The maximum atomic E-state index is 12.4. The number of nitrogens with one attached hydrogen (secondary N) is 1. The molecule has 5 heteroatoms. The van der Waals surface area contributed by atoms with Crippen molar-refractivity contribution in [2.75, 3.05) is 19.8 Å². The molecule has 0 saturated carbocycles. The van der Waals surface area contributed by atoms with Crippen LogP contribution in [0.15, 0.2) is 30.3 Å². The number of benzene rings is 1. The zero-order chi connectivity index (χ0) is 16.0. The molecule has 1 aromatic carbocycles. The summed E-state index contributed by atoms with van der Waals surface area (Å²) in [7, 11) is 0. The molecule has 2 N–H and O–H groups in total. The van der Waals surface area contributed by atoms with Crippen LogP contribution in [0.5, 0.6) is 0 Å². The maximum Gasteiger partial charge on any atom is 0.311 e. The van der Waals surface area contributed by atoms with E-state index in [1.807, 2.05) is 37.3 Å². The lowest BCUT2D eigenvalue weighted by molar-refractivity contribution is -0.154. The molecule has 2 rings (SSSR count). The van der Waals surface area contributed by atoms with Gasteiger partial charge < -0.3 is 15.2 Å². The zero-order valence-corrected chi connectivity index (χ0v) is 12.9. The van der Waals surface area contributed by atoms with Crippen LogP contribution in [0.1, 0.15) is 37.7 Å². The number of aliphatic carboxylic acids is 1. The summed E-state index contributed by atoms with van der Waals surface area (Å²) in [5.74, 6) is -1.21. The van der Waals surface area contributed by atoms with Gasteiger partial charge >= 0.3 is 5.97 Å². The van der Waals surface area contributed by atoms with Crippen LogP contribution in [0.4, 0.5) is 0 Å². The van der Waals surface area contributed by atoms with Crippen LogP contribution >= 0.6 is 0 Å². The molecule has 0 radical (unpaired) electrons. The lowest BCUT2D eigenvalue weighted by atomic mass is 9.80. The fraction of sp³-hybridized carbons (Fsp3) is 0.529. The molecular weight excluding hydrogens is 282 g/mol. The summed E-state index contributed by atoms with van der Waals surface area (Å²) in [5, 5.41) is 12.4. The minimum atomic E-state index is -0.900. The van der Waals surface area contributed by atoms with E-state index in [-0.39, 0.29) is 18.4 Å². The number of carboxylic acids is 1. The summed E-state index contributed by atoms with van der Waals surface area (Å²) in [5.41, 5.74) is 0.0574. The van der Waals surface area contributed by atoms with Crippen LogP contribution in [-0.4, -0.2) is 36.7 Å². The Morgan fingerprint density at radius 3 is 2.45 bits per heavy atom. The zero-order valence-electron chi connectivity index (χ0n) is 12.9. The highest BCUT2D eigenvalue weighted by molar-refractivity contribution is 5.84. The lowest BCUT2D eigenvalue weighted by Crippen LogP contribution is -2.47. The average Bonchev–Trinajstić information content (AvgIpc) is 2.55. The van der Waals surface area contributed by atoms with Crippen molar-refractivity contribution in [1.29, 1.82) is 0 Å². The molecule has 1 atom stereocenters. The van der Waals surface area contributed by atoms with Gasteiger partial charge in [-0.2, -0.15) is 0 Å². The SMILES string of the molecule is CCC(C(=O)NCC1(C(=O)O)CCOCC1)c1ccccc1. The highest BCUT2D eigenvalue weighted by Gasteiger charge is 2.40. The van der Waals surface area contributed by atoms with Gasteiger partial charge in [-0.1, -0.05) is 37.3 Å². The Balaban J connectivity index is 2.02. The number of rotatable bonds is 6. The second-order valence-electron chi connectivity index (χ2n) is 5.79.